The highest BCUT2D eigenvalue weighted by Gasteiger charge is 2.29. The monoisotopic (exact) mass is 212 g/mol. The van der Waals surface area contributed by atoms with Crippen molar-refractivity contribution >= 4 is 0 Å². The fourth-order valence-corrected chi connectivity index (χ4v) is 2.60. The standard InChI is InChI=1S/C13H28N2/c1-6-14-12-7-8-13(9-12)15(5)11(4)10(2)3/h10-14H,6-9H2,1-5H3. The normalized spacial score (nSPS) is 29.0. The lowest BCUT2D eigenvalue weighted by atomic mass is 10.0. The molecule has 0 aromatic carbocycles. The third-order valence-electron chi connectivity index (χ3n) is 4.08. The van der Waals surface area contributed by atoms with Gasteiger partial charge in [-0.3, -0.25) is 0 Å². The number of rotatable bonds is 5. The Labute approximate surface area is 95.4 Å². The maximum Gasteiger partial charge on any atom is 0.0110 e. The summed E-state index contributed by atoms with van der Waals surface area (Å²) in [5.74, 6) is 0.758. The fraction of sp³-hybridized carbons (Fsp3) is 1.00. The quantitative estimate of drug-likeness (QED) is 0.753. The average molecular weight is 212 g/mol. The van der Waals surface area contributed by atoms with Gasteiger partial charge in [0, 0.05) is 18.1 Å². The third-order valence-corrected chi connectivity index (χ3v) is 4.08. The van der Waals surface area contributed by atoms with Crippen LogP contribution in [0.2, 0.25) is 0 Å². The van der Waals surface area contributed by atoms with Crippen molar-refractivity contribution in [1.82, 2.24) is 10.2 Å². The maximum absolute atomic E-state index is 3.57. The summed E-state index contributed by atoms with van der Waals surface area (Å²) < 4.78 is 0. The Balaban J connectivity index is 2.39. The van der Waals surface area contributed by atoms with Gasteiger partial charge in [0.15, 0.2) is 0 Å². The van der Waals surface area contributed by atoms with Crippen LogP contribution in [0.4, 0.5) is 0 Å². The van der Waals surface area contributed by atoms with Crippen molar-refractivity contribution in [2.45, 2.75) is 65.1 Å². The molecule has 0 aromatic heterocycles. The van der Waals surface area contributed by atoms with Crippen molar-refractivity contribution in [3.8, 4) is 0 Å². The molecule has 2 nitrogen and oxygen atoms in total. The van der Waals surface area contributed by atoms with Crippen LogP contribution < -0.4 is 5.32 Å². The highest BCUT2D eigenvalue weighted by atomic mass is 15.2. The van der Waals surface area contributed by atoms with Crippen LogP contribution in [0.15, 0.2) is 0 Å². The van der Waals surface area contributed by atoms with Crippen LogP contribution in [0.5, 0.6) is 0 Å². The Morgan fingerprint density at radius 1 is 1.27 bits per heavy atom. The molecule has 0 amide bonds. The van der Waals surface area contributed by atoms with E-state index in [9.17, 15) is 0 Å². The molecule has 3 atom stereocenters. The lowest BCUT2D eigenvalue weighted by Gasteiger charge is -2.33. The van der Waals surface area contributed by atoms with E-state index in [4.69, 9.17) is 0 Å². The van der Waals surface area contributed by atoms with Crippen LogP contribution in [0, 0.1) is 5.92 Å². The topological polar surface area (TPSA) is 15.3 Å². The summed E-state index contributed by atoms with van der Waals surface area (Å²) in [6, 6.07) is 2.27. The van der Waals surface area contributed by atoms with Crippen LogP contribution in [0.1, 0.15) is 47.0 Å². The van der Waals surface area contributed by atoms with Gasteiger partial charge in [0.2, 0.25) is 0 Å². The Hall–Kier alpha value is -0.0800. The van der Waals surface area contributed by atoms with E-state index >= 15 is 0 Å². The molecule has 0 bridgehead atoms. The lowest BCUT2D eigenvalue weighted by Crippen LogP contribution is -2.41. The first-order valence-corrected chi connectivity index (χ1v) is 6.51. The molecule has 1 aliphatic carbocycles. The molecule has 90 valence electrons. The fourth-order valence-electron chi connectivity index (χ4n) is 2.60. The van der Waals surface area contributed by atoms with Crippen LogP contribution in [0.25, 0.3) is 0 Å². The van der Waals surface area contributed by atoms with E-state index in [1.54, 1.807) is 0 Å². The smallest absolute Gasteiger partial charge is 0.0110 e. The van der Waals surface area contributed by atoms with E-state index in [0.29, 0.717) is 6.04 Å². The zero-order valence-electron chi connectivity index (χ0n) is 11.1. The number of hydrogen-bond acceptors (Lipinski definition) is 2. The summed E-state index contributed by atoms with van der Waals surface area (Å²) >= 11 is 0. The maximum atomic E-state index is 3.57. The predicted octanol–water partition coefficient (Wildman–Crippen LogP) is 2.49. The minimum absolute atomic E-state index is 0.704. The third kappa shape index (κ3) is 3.46. The molecular formula is C13H28N2. The Morgan fingerprint density at radius 3 is 2.47 bits per heavy atom. The Bertz CT molecular complexity index is 179. The van der Waals surface area contributed by atoms with Crippen molar-refractivity contribution in [3.63, 3.8) is 0 Å². The number of nitrogens with one attached hydrogen (secondary N) is 1. The average Bonchev–Trinajstić information content (AvgIpc) is 2.64. The molecule has 1 saturated carbocycles. The summed E-state index contributed by atoms with van der Waals surface area (Å²) in [6.07, 6.45) is 4.06. The van der Waals surface area contributed by atoms with E-state index in [2.05, 4.69) is 45.0 Å². The van der Waals surface area contributed by atoms with Gasteiger partial charge in [0.1, 0.15) is 0 Å². The predicted molar refractivity (Wildman–Crippen MR) is 67.2 cm³/mol. The van der Waals surface area contributed by atoms with Crippen LogP contribution in [-0.4, -0.2) is 36.6 Å². The molecule has 0 spiro atoms. The number of hydrogen-bond donors (Lipinski definition) is 1. The first-order valence-electron chi connectivity index (χ1n) is 6.51. The van der Waals surface area contributed by atoms with Gasteiger partial charge in [-0.1, -0.05) is 20.8 Å². The first-order chi connectivity index (χ1) is 7.06. The molecule has 1 rings (SSSR count). The largest absolute Gasteiger partial charge is 0.314 e. The van der Waals surface area contributed by atoms with E-state index < -0.39 is 0 Å². The minimum atomic E-state index is 0.704. The van der Waals surface area contributed by atoms with Gasteiger partial charge in [-0.05, 0) is 45.7 Å². The Kier molecular flexibility index (Phi) is 5.07. The summed E-state index contributed by atoms with van der Waals surface area (Å²) in [4.78, 5) is 2.59. The van der Waals surface area contributed by atoms with Gasteiger partial charge in [0.05, 0.1) is 0 Å². The molecule has 1 aliphatic rings. The van der Waals surface area contributed by atoms with Crippen LogP contribution >= 0.6 is 0 Å². The molecule has 0 radical (unpaired) electrons. The highest BCUT2D eigenvalue weighted by Crippen LogP contribution is 2.26. The summed E-state index contributed by atoms with van der Waals surface area (Å²) in [5, 5.41) is 3.57. The van der Waals surface area contributed by atoms with Gasteiger partial charge in [-0.2, -0.15) is 0 Å². The molecule has 0 heterocycles. The molecule has 2 heteroatoms. The van der Waals surface area contributed by atoms with Crippen molar-refractivity contribution in [1.29, 1.82) is 0 Å². The van der Waals surface area contributed by atoms with Crippen molar-refractivity contribution < 1.29 is 0 Å². The van der Waals surface area contributed by atoms with E-state index in [1.807, 2.05) is 0 Å². The number of nitrogens with zero attached hydrogens (tertiary/aromatic N) is 1. The second-order valence-corrected chi connectivity index (χ2v) is 5.37. The molecule has 0 saturated heterocycles. The van der Waals surface area contributed by atoms with Gasteiger partial charge < -0.3 is 10.2 Å². The summed E-state index contributed by atoms with van der Waals surface area (Å²) in [5.41, 5.74) is 0. The van der Waals surface area contributed by atoms with Gasteiger partial charge >= 0.3 is 0 Å². The molecule has 3 unspecified atom stereocenters. The molecule has 0 aromatic rings. The Morgan fingerprint density at radius 2 is 1.93 bits per heavy atom. The van der Waals surface area contributed by atoms with E-state index in [-0.39, 0.29) is 0 Å². The molecule has 0 aliphatic heterocycles. The van der Waals surface area contributed by atoms with Crippen LogP contribution in [-0.2, 0) is 0 Å². The SMILES string of the molecule is CCNC1CCC(N(C)C(C)C(C)C)C1. The zero-order chi connectivity index (χ0) is 11.4. The molecular weight excluding hydrogens is 184 g/mol. The van der Waals surface area contributed by atoms with E-state index in [1.165, 1.54) is 19.3 Å². The van der Waals surface area contributed by atoms with Crippen LogP contribution in [0.3, 0.4) is 0 Å². The molecule has 1 fully saturated rings. The molecule has 15 heavy (non-hydrogen) atoms. The van der Waals surface area contributed by atoms with Crippen molar-refractivity contribution in [2.24, 2.45) is 5.92 Å². The second kappa shape index (κ2) is 5.86. The van der Waals surface area contributed by atoms with Gasteiger partial charge in [-0.25, -0.2) is 0 Å². The summed E-state index contributed by atoms with van der Waals surface area (Å²) in [6.45, 7) is 10.3. The van der Waals surface area contributed by atoms with Crippen molar-refractivity contribution in [3.05, 3.63) is 0 Å². The second-order valence-electron chi connectivity index (χ2n) is 5.37. The van der Waals surface area contributed by atoms with Crippen molar-refractivity contribution in [2.75, 3.05) is 13.6 Å². The minimum Gasteiger partial charge on any atom is -0.314 e. The lowest BCUT2D eigenvalue weighted by molar-refractivity contribution is 0.148. The van der Waals surface area contributed by atoms with E-state index in [0.717, 1.165) is 24.5 Å². The van der Waals surface area contributed by atoms with Gasteiger partial charge in [0.25, 0.3) is 0 Å². The molecule has 1 N–H and O–H groups in total. The van der Waals surface area contributed by atoms with Gasteiger partial charge in [-0.15, -0.1) is 0 Å². The highest BCUT2D eigenvalue weighted by molar-refractivity contribution is 4.87. The zero-order valence-corrected chi connectivity index (χ0v) is 11.1. The first kappa shape index (κ1) is 13.0. The summed E-state index contributed by atoms with van der Waals surface area (Å²) in [7, 11) is 2.30.